The number of likely N-dealkylation sites (tertiary alicyclic amines) is 1. The highest BCUT2D eigenvalue weighted by molar-refractivity contribution is 6.00. The molecule has 0 spiro atoms. The van der Waals surface area contributed by atoms with E-state index in [1.807, 2.05) is 30.3 Å². The monoisotopic (exact) mass is 443 g/mol. The van der Waals surface area contributed by atoms with Gasteiger partial charge in [0.2, 0.25) is 11.9 Å². The van der Waals surface area contributed by atoms with Gasteiger partial charge in [0.1, 0.15) is 5.75 Å². The Hall–Kier alpha value is -3.45. The minimum atomic E-state index is -0.0451. The molecule has 7 heteroatoms. The van der Waals surface area contributed by atoms with E-state index >= 15 is 0 Å². The molecule has 1 amide bonds. The number of hydrogen-bond acceptors (Lipinski definition) is 6. The fourth-order valence-electron chi connectivity index (χ4n) is 4.57. The average Bonchev–Trinajstić information content (AvgIpc) is 3.30. The highest BCUT2D eigenvalue weighted by Gasteiger charge is 2.21. The Labute approximate surface area is 194 Å². The lowest BCUT2D eigenvalue weighted by molar-refractivity contribution is -0.115. The third-order valence-electron chi connectivity index (χ3n) is 6.31. The van der Waals surface area contributed by atoms with Gasteiger partial charge in [0, 0.05) is 23.0 Å². The Morgan fingerprint density at radius 3 is 2.73 bits per heavy atom. The lowest BCUT2D eigenvalue weighted by atomic mass is 10.00. The van der Waals surface area contributed by atoms with Gasteiger partial charge in [-0.25, -0.2) is 9.97 Å². The van der Waals surface area contributed by atoms with Crippen LogP contribution in [0.5, 0.6) is 5.75 Å². The molecular formula is C26H29N5O2. The number of carbonyl (C=O) groups excluding carboxylic acids is 1. The molecule has 2 aromatic carbocycles. The second-order valence-electron chi connectivity index (χ2n) is 8.68. The number of hydrogen-bond donors (Lipinski definition) is 2. The van der Waals surface area contributed by atoms with Crippen molar-refractivity contribution in [1.29, 1.82) is 0 Å². The van der Waals surface area contributed by atoms with Crippen molar-refractivity contribution in [3.8, 4) is 17.0 Å². The molecule has 3 aromatic rings. The number of benzene rings is 2. The van der Waals surface area contributed by atoms with Crippen molar-refractivity contribution in [2.24, 2.45) is 0 Å². The Kier molecular flexibility index (Phi) is 6.21. The van der Waals surface area contributed by atoms with Gasteiger partial charge in [0.15, 0.2) is 0 Å². The van der Waals surface area contributed by atoms with Crippen molar-refractivity contribution in [3.63, 3.8) is 0 Å². The molecule has 0 atom stereocenters. The summed E-state index contributed by atoms with van der Waals surface area (Å²) in [5.74, 6) is 1.24. The van der Waals surface area contributed by atoms with Gasteiger partial charge < -0.3 is 20.3 Å². The summed E-state index contributed by atoms with van der Waals surface area (Å²) in [7, 11) is 1.64. The van der Waals surface area contributed by atoms with Crippen molar-refractivity contribution in [3.05, 3.63) is 59.8 Å². The molecule has 1 fully saturated rings. The molecule has 1 aromatic heterocycles. The van der Waals surface area contributed by atoms with Crippen LogP contribution in [0.15, 0.2) is 48.7 Å². The van der Waals surface area contributed by atoms with E-state index in [-0.39, 0.29) is 12.3 Å². The molecule has 2 N–H and O–H groups in total. The normalized spacial score (nSPS) is 15.4. The van der Waals surface area contributed by atoms with Crippen LogP contribution in [-0.2, 0) is 17.6 Å². The van der Waals surface area contributed by atoms with Crippen LogP contribution in [0.2, 0.25) is 0 Å². The Balaban J connectivity index is 1.40. The lowest BCUT2D eigenvalue weighted by Crippen LogP contribution is -2.20. The van der Waals surface area contributed by atoms with Gasteiger partial charge in [-0.3, -0.25) is 4.79 Å². The number of aromatic nitrogens is 2. The van der Waals surface area contributed by atoms with Crippen LogP contribution in [0.1, 0.15) is 30.4 Å². The van der Waals surface area contributed by atoms with Gasteiger partial charge in [0.25, 0.3) is 0 Å². The number of nitrogens with zero attached hydrogens (tertiary/aromatic N) is 3. The summed E-state index contributed by atoms with van der Waals surface area (Å²) >= 11 is 0. The number of aryl methyl sites for hydroxylation is 1. The number of rotatable bonds is 7. The highest BCUT2D eigenvalue weighted by Crippen LogP contribution is 2.34. The summed E-state index contributed by atoms with van der Waals surface area (Å²) in [6.45, 7) is 3.59. The molecule has 0 radical (unpaired) electrons. The summed E-state index contributed by atoms with van der Waals surface area (Å²) in [4.78, 5) is 24.3. The van der Waals surface area contributed by atoms with Crippen LogP contribution in [-0.4, -0.2) is 47.5 Å². The minimum absolute atomic E-state index is 0.0451. The molecule has 0 unspecified atom stereocenters. The number of anilines is 3. The van der Waals surface area contributed by atoms with Crippen molar-refractivity contribution < 1.29 is 9.53 Å². The number of carbonyl (C=O) groups is 1. The molecule has 170 valence electrons. The predicted octanol–water partition coefficient (Wildman–Crippen LogP) is 4.42. The summed E-state index contributed by atoms with van der Waals surface area (Å²) < 4.78 is 5.22. The number of amides is 1. The lowest BCUT2D eigenvalue weighted by Gasteiger charge is -2.15. The Morgan fingerprint density at radius 1 is 1.12 bits per heavy atom. The zero-order chi connectivity index (χ0) is 22.6. The van der Waals surface area contributed by atoms with Crippen molar-refractivity contribution in [1.82, 2.24) is 14.9 Å². The van der Waals surface area contributed by atoms with Gasteiger partial charge in [-0.15, -0.1) is 0 Å². The first kappa shape index (κ1) is 21.4. The van der Waals surface area contributed by atoms with E-state index in [1.165, 1.54) is 31.5 Å². The van der Waals surface area contributed by atoms with E-state index in [2.05, 4.69) is 32.7 Å². The molecule has 2 aliphatic rings. The predicted molar refractivity (Wildman–Crippen MR) is 130 cm³/mol. The SMILES string of the molecule is COc1ccc(Nc2ncc3c(n2)-c2cc(CCCN4CCCC4)ccc2NC(=O)C3)cc1. The van der Waals surface area contributed by atoms with Gasteiger partial charge >= 0.3 is 0 Å². The number of ether oxygens (including phenoxy) is 1. The van der Waals surface area contributed by atoms with Gasteiger partial charge in [-0.2, -0.15) is 0 Å². The smallest absolute Gasteiger partial charge is 0.228 e. The second-order valence-corrected chi connectivity index (χ2v) is 8.68. The maximum atomic E-state index is 12.4. The van der Waals surface area contributed by atoms with Crippen LogP contribution >= 0.6 is 0 Å². The fourth-order valence-corrected chi connectivity index (χ4v) is 4.57. The first-order valence-electron chi connectivity index (χ1n) is 11.6. The molecule has 0 saturated carbocycles. The number of methoxy groups -OCH3 is 1. The molecule has 3 heterocycles. The molecule has 5 rings (SSSR count). The zero-order valence-electron chi connectivity index (χ0n) is 18.9. The van der Waals surface area contributed by atoms with Crippen LogP contribution in [0, 0.1) is 0 Å². The quantitative estimate of drug-likeness (QED) is 0.563. The molecule has 1 saturated heterocycles. The summed E-state index contributed by atoms with van der Waals surface area (Å²) in [5.41, 5.74) is 5.52. The van der Waals surface area contributed by atoms with Gasteiger partial charge in [-0.1, -0.05) is 6.07 Å². The maximum absolute atomic E-state index is 12.4. The van der Waals surface area contributed by atoms with E-state index in [1.54, 1.807) is 13.3 Å². The van der Waals surface area contributed by atoms with Crippen molar-refractivity contribution in [2.75, 3.05) is 37.4 Å². The van der Waals surface area contributed by atoms with Gasteiger partial charge in [-0.05, 0) is 87.3 Å². The molecule has 2 aliphatic heterocycles. The molecule has 0 bridgehead atoms. The third kappa shape index (κ3) is 4.98. The highest BCUT2D eigenvalue weighted by atomic mass is 16.5. The van der Waals surface area contributed by atoms with Crippen LogP contribution in [0.25, 0.3) is 11.3 Å². The largest absolute Gasteiger partial charge is 0.497 e. The molecule has 7 nitrogen and oxygen atoms in total. The van der Waals surface area contributed by atoms with E-state index in [0.717, 1.165) is 53.3 Å². The Morgan fingerprint density at radius 2 is 1.94 bits per heavy atom. The molecular weight excluding hydrogens is 414 g/mol. The van der Waals surface area contributed by atoms with Crippen LogP contribution in [0.3, 0.4) is 0 Å². The first-order chi connectivity index (χ1) is 16.2. The number of fused-ring (bicyclic) bond motifs is 3. The average molecular weight is 444 g/mol. The standard InChI is InChI=1S/C26H29N5O2/c1-33-21-9-7-20(8-10-21)28-26-27-17-19-16-24(32)29-23-11-6-18(15-22(23)25(19)30-26)5-4-14-31-12-2-3-13-31/h6-11,15,17H,2-5,12-14,16H2,1H3,(H,29,32)(H,27,28,30). The number of nitrogens with one attached hydrogen (secondary N) is 2. The molecule has 33 heavy (non-hydrogen) atoms. The summed E-state index contributed by atoms with van der Waals surface area (Å²) in [6.07, 6.45) is 6.80. The zero-order valence-corrected chi connectivity index (χ0v) is 18.9. The second kappa shape index (κ2) is 9.58. The van der Waals surface area contributed by atoms with Crippen LogP contribution < -0.4 is 15.4 Å². The first-order valence-corrected chi connectivity index (χ1v) is 11.6. The Bertz CT molecular complexity index is 1140. The summed E-state index contributed by atoms with van der Waals surface area (Å²) in [6, 6.07) is 13.9. The maximum Gasteiger partial charge on any atom is 0.228 e. The van der Waals surface area contributed by atoms with E-state index < -0.39 is 0 Å². The van der Waals surface area contributed by atoms with Crippen LogP contribution in [0.4, 0.5) is 17.3 Å². The van der Waals surface area contributed by atoms with E-state index in [0.29, 0.717) is 5.95 Å². The molecule has 0 aliphatic carbocycles. The third-order valence-corrected chi connectivity index (χ3v) is 6.31. The summed E-state index contributed by atoms with van der Waals surface area (Å²) in [5, 5.41) is 6.29. The fraction of sp³-hybridized carbons (Fsp3) is 0.346. The van der Waals surface area contributed by atoms with E-state index in [9.17, 15) is 4.79 Å². The topological polar surface area (TPSA) is 79.4 Å². The van der Waals surface area contributed by atoms with Crippen molar-refractivity contribution >= 4 is 23.2 Å². The minimum Gasteiger partial charge on any atom is -0.497 e. The van der Waals surface area contributed by atoms with Crippen molar-refractivity contribution in [2.45, 2.75) is 32.1 Å². The van der Waals surface area contributed by atoms with Gasteiger partial charge in [0.05, 0.1) is 24.9 Å². The van der Waals surface area contributed by atoms with E-state index in [4.69, 9.17) is 9.72 Å².